The van der Waals surface area contributed by atoms with E-state index in [1.54, 1.807) is 50.2 Å². The van der Waals surface area contributed by atoms with Crippen LogP contribution >= 0.6 is 15.9 Å². The van der Waals surface area contributed by atoms with Crippen molar-refractivity contribution < 1.29 is 4.92 Å². The van der Waals surface area contributed by atoms with Crippen molar-refractivity contribution >= 4 is 21.6 Å². The molecular formula is C27H22BrN5O4. The van der Waals surface area contributed by atoms with E-state index in [9.17, 15) is 19.7 Å². The highest BCUT2D eigenvalue weighted by molar-refractivity contribution is 9.10. The number of benzene rings is 3. The van der Waals surface area contributed by atoms with Crippen LogP contribution in [0.15, 0.2) is 92.9 Å². The Balaban J connectivity index is 1.81. The van der Waals surface area contributed by atoms with Crippen molar-refractivity contribution in [2.75, 3.05) is 0 Å². The maximum absolute atomic E-state index is 13.8. The van der Waals surface area contributed by atoms with Crippen LogP contribution in [0, 0.1) is 24.0 Å². The molecule has 2 heterocycles. The molecule has 0 amide bonds. The molecule has 0 aliphatic rings. The van der Waals surface area contributed by atoms with Gasteiger partial charge in [0.1, 0.15) is 0 Å². The summed E-state index contributed by atoms with van der Waals surface area (Å²) in [5, 5.41) is 18.0. The van der Waals surface area contributed by atoms with Crippen molar-refractivity contribution in [3.63, 3.8) is 0 Å². The fraction of sp³-hybridized carbons (Fsp3) is 0.111. The number of rotatable bonds is 6. The third-order valence-corrected chi connectivity index (χ3v) is 7.01. The number of H-pyrrole nitrogens is 2. The molecular weight excluding hydrogens is 538 g/mol. The van der Waals surface area contributed by atoms with E-state index < -0.39 is 10.8 Å². The summed E-state index contributed by atoms with van der Waals surface area (Å²) < 4.78 is 3.14. The molecule has 0 saturated heterocycles. The van der Waals surface area contributed by atoms with E-state index in [0.29, 0.717) is 43.9 Å². The number of nitro groups is 1. The second-order valence-electron chi connectivity index (χ2n) is 8.65. The summed E-state index contributed by atoms with van der Waals surface area (Å²) >= 11 is 3.23. The monoisotopic (exact) mass is 559 g/mol. The standard InChI is InChI=1S/C27H22BrN5O4/c1-16-23(26(34)31(29-16)19-9-5-3-6-10-19)25(18-13-14-21(28)22(15-18)33(36)37)24-17(2)30-32(27(24)35)20-11-7-4-8-12-20/h3-15,25,29-30H,1-2H3. The maximum Gasteiger partial charge on any atom is 0.283 e. The topological polar surface area (TPSA) is 119 Å². The van der Waals surface area contributed by atoms with Gasteiger partial charge in [-0.3, -0.25) is 29.9 Å². The molecule has 0 atom stereocenters. The molecule has 0 aliphatic carbocycles. The Bertz CT molecular complexity index is 1630. The third kappa shape index (κ3) is 4.25. The van der Waals surface area contributed by atoms with E-state index in [1.165, 1.54) is 15.4 Å². The van der Waals surface area contributed by atoms with Crippen molar-refractivity contribution in [2.24, 2.45) is 0 Å². The predicted molar refractivity (Wildman–Crippen MR) is 144 cm³/mol. The Labute approximate surface area is 219 Å². The molecule has 0 aliphatic heterocycles. The highest BCUT2D eigenvalue weighted by Gasteiger charge is 2.32. The van der Waals surface area contributed by atoms with E-state index in [2.05, 4.69) is 26.1 Å². The first-order valence-electron chi connectivity index (χ1n) is 11.5. The van der Waals surface area contributed by atoms with Crippen LogP contribution in [0.4, 0.5) is 5.69 Å². The Hall–Kier alpha value is -4.44. The SMILES string of the molecule is Cc1[nH]n(-c2ccccc2)c(=O)c1C(c1ccc(Br)c([N+](=O)[O-])c1)c1c(C)[nH]n(-c2ccccc2)c1=O. The molecule has 0 unspecified atom stereocenters. The van der Waals surface area contributed by atoms with Crippen molar-refractivity contribution in [3.8, 4) is 11.4 Å². The zero-order valence-corrected chi connectivity index (χ0v) is 21.5. The van der Waals surface area contributed by atoms with Crippen LogP contribution in [-0.2, 0) is 0 Å². The van der Waals surface area contributed by atoms with Crippen LogP contribution in [0.2, 0.25) is 0 Å². The van der Waals surface area contributed by atoms with Crippen molar-refractivity contribution in [2.45, 2.75) is 19.8 Å². The van der Waals surface area contributed by atoms with Crippen LogP contribution in [-0.4, -0.2) is 24.5 Å². The first-order chi connectivity index (χ1) is 17.8. The lowest BCUT2D eigenvalue weighted by Gasteiger charge is -2.16. The molecule has 0 radical (unpaired) electrons. The Morgan fingerprint density at radius 2 is 1.24 bits per heavy atom. The van der Waals surface area contributed by atoms with Gasteiger partial charge in [-0.25, -0.2) is 9.36 Å². The van der Waals surface area contributed by atoms with E-state index in [0.717, 1.165) is 0 Å². The van der Waals surface area contributed by atoms with Gasteiger partial charge in [-0.05, 0) is 65.7 Å². The van der Waals surface area contributed by atoms with E-state index in [4.69, 9.17) is 0 Å². The van der Waals surface area contributed by atoms with Crippen LogP contribution in [0.25, 0.3) is 11.4 Å². The molecule has 0 saturated carbocycles. The number of nitro benzene ring substituents is 1. The fourth-order valence-electron chi connectivity index (χ4n) is 4.64. The van der Waals surface area contributed by atoms with Gasteiger partial charge in [0.2, 0.25) is 0 Å². The maximum atomic E-state index is 13.8. The zero-order valence-electron chi connectivity index (χ0n) is 19.9. The van der Waals surface area contributed by atoms with Crippen LogP contribution < -0.4 is 11.1 Å². The normalized spacial score (nSPS) is 11.2. The molecule has 5 rings (SSSR count). The largest absolute Gasteiger partial charge is 0.295 e. The summed E-state index contributed by atoms with van der Waals surface area (Å²) in [7, 11) is 0. The fourth-order valence-corrected chi connectivity index (χ4v) is 5.04. The minimum atomic E-state index is -0.866. The molecule has 2 N–H and O–H groups in total. The smallest absolute Gasteiger partial charge is 0.283 e. The lowest BCUT2D eigenvalue weighted by molar-refractivity contribution is -0.385. The molecule has 5 aromatic rings. The van der Waals surface area contributed by atoms with Gasteiger partial charge in [-0.15, -0.1) is 0 Å². The number of aryl methyl sites for hydroxylation is 2. The van der Waals surface area contributed by atoms with E-state index in [-0.39, 0.29) is 16.8 Å². The average molecular weight is 560 g/mol. The Morgan fingerprint density at radius 3 is 1.68 bits per heavy atom. The first-order valence-corrected chi connectivity index (χ1v) is 12.2. The quantitative estimate of drug-likeness (QED) is 0.222. The summed E-state index contributed by atoms with van der Waals surface area (Å²) in [5.41, 5.74) is 2.65. The highest BCUT2D eigenvalue weighted by atomic mass is 79.9. The zero-order chi connectivity index (χ0) is 26.3. The van der Waals surface area contributed by atoms with Crippen molar-refractivity contribution in [1.29, 1.82) is 0 Å². The van der Waals surface area contributed by atoms with E-state index >= 15 is 0 Å². The molecule has 186 valence electrons. The molecule has 2 aromatic heterocycles. The second-order valence-corrected chi connectivity index (χ2v) is 9.51. The third-order valence-electron chi connectivity index (χ3n) is 6.34. The number of nitrogens with one attached hydrogen (secondary N) is 2. The summed E-state index contributed by atoms with van der Waals surface area (Å²) in [6.07, 6.45) is 0. The van der Waals surface area contributed by atoms with Gasteiger partial charge < -0.3 is 0 Å². The number of hydrogen-bond acceptors (Lipinski definition) is 4. The second kappa shape index (κ2) is 9.55. The number of halogens is 1. The molecule has 0 fully saturated rings. The number of aromatic nitrogens is 4. The number of hydrogen-bond donors (Lipinski definition) is 2. The van der Waals surface area contributed by atoms with Crippen LogP contribution in [0.3, 0.4) is 0 Å². The number of aromatic amines is 2. The minimum Gasteiger partial charge on any atom is -0.295 e. The van der Waals surface area contributed by atoms with Gasteiger partial charge in [0, 0.05) is 23.4 Å². The molecule has 10 heteroatoms. The lowest BCUT2D eigenvalue weighted by atomic mass is 9.85. The Kier molecular flexibility index (Phi) is 6.26. The Morgan fingerprint density at radius 1 is 0.784 bits per heavy atom. The van der Waals surface area contributed by atoms with E-state index in [1.807, 2.05) is 36.4 Å². The summed E-state index contributed by atoms with van der Waals surface area (Å²) in [6, 6.07) is 22.8. The summed E-state index contributed by atoms with van der Waals surface area (Å²) in [5.74, 6) is -0.866. The summed E-state index contributed by atoms with van der Waals surface area (Å²) in [6.45, 7) is 3.52. The molecule has 0 bridgehead atoms. The van der Waals surface area contributed by atoms with Gasteiger partial charge in [0.15, 0.2) is 0 Å². The minimum absolute atomic E-state index is 0.157. The summed E-state index contributed by atoms with van der Waals surface area (Å²) in [4.78, 5) is 38.9. The lowest BCUT2D eigenvalue weighted by Crippen LogP contribution is -2.25. The first kappa shape index (κ1) is 24.3. The molecule has 9 nitrogen and oxygen atoms in total. The highest BCUT2D eigenvalue weighted by Crippen LogP contribution is 2.36. The van der Waals surface area contributed by atoms with Crippen LogP contribution in [0.1, 0.15) is 34.0 Å². The molecule has 37 heavy (non-hydrogen) atoms. The average Bonchev–Trinajstić information content (AvgIpc) is 3.36. The van der Waals surface area contributed by atoms with Gasteiger partial charge >= 0.3 is 0 Å². The van der Waals surface area contributed by atoms with Crippen molar-refractivity contribution in [3.05, 3.63) is 142 Å². The van der Waals surface area contributed by atoms with Gasteiger partial charge in [0.25, 0.3) is 16.8 Å². The van der Waals surface area contributed by atoms with Crippen LogP contribution in [0.5, 0.6) is 0 Å². The van der Waals surface area contributed by atoms with Gasteiger partial charge in [-0.1, -0.05) is 42.5 Å². The van der Waals surface area contributed by atoms with Crippen molar-refractivity contribution in [1.82, 2.24) is 19.6 Å². The number of para-hydroxylation sites is 2. The molecule has 0 spiro atoms. The predicted octanol–water partition coefficient (Wildman–Crippen LogP) is 5.11. The molecule has 3 aromatic carbocycles. The van der Waals surface area contributed by atoms with Gasteiger partial charge in [-0.2, -0.15) is 0 Å². The van der Waals surface area contributed by atoms with Gasteiger partial charge in [0.05, 0.1) is 31.9 Å². The number of nitrogens with zero attached hydrogens (tertiary/aromatic N) is 3.